The summed E-state index contributed by atoms with van der Waals surface area (Å²) in [6.07, 6.45) is 6.46. The van der Waals surface area contributed by atoms with Gasteiger partial charge in [0.2, 0.25) is 0 Å². The number of piperidine rings is 2. The highest BCUT2D eigenvalue weighted by molar-refractivity contribution is 9.10. The fourth-order valence-corrected chi connectivity index (χ4v) is 3.59. The van der Waals surface area contributed by atoms with Gasteiger partial charge in [-0.3, -0.25) is 0 Å². The maximum Gasteiger partial charge on any atom is 0.135 e. The van der Waals surface area contributed by atoms with Crippen molar-refractivity contribution in [2.45, 2.75) is 50.3 Å². The van der Waals surface area contributed by atoms with Crippen LogP contribution in [0, 0.1) is 0 Å². The zero-order valence-corrected chi connectivity index (χ0v) is 12.5. The zero-order valence-electron chi connectivity index (χ0n) is 10.2. The Kier molecular flexibility index (Phi) is 3.83. The highest BCUT2D eigenvalue weighted by Crippen LogP contribution is 2.35. The Morgan fingerprint density at radius 1 is 1.22 bits per heavy atom. The number of ether oxygens (including phenoxy) is 1. The van der Waals surface area contributed by atoms with Crippen LogP contribution >= 0.6 is 27.5 Å². The predicted octanol–water partition coefficient (Wildman–Crippen LogP) is 4.15. The summed E-state index contributed by atoms with van der Waals surface area (Å²) in [4.78, 5) is 0. The Bertz CT molecular complexity index is 428. The van der Waals surface area contributed by atoms with Gasteiger partial charge in [0.1, 0.15) is 11.9 Å². The van der Waals surface area contributed by atoms with Gasteiger partial charge in [0.15, 0.2) is 0 Å². The molecule has 0 radical (unpaired) electrons. The summed E-state index contributed by atoms with van der Waals surface area (Å²) in [6, 6.07) is 7.06. The first kappa shape index (κ1) is 12.8. The molecule has 2 aliphatic heterocycles. The summed E-state index contributed by atoms with van der Waals surface area (Å²) in [7, 11) is 0. The van der Waals surface area contributed by atoms with Crippen molar-refractivity contribution in [1.29, 1.82) is 0 Å². The number of fused-ring (bicyclic) bond motifs is 2. The fraction of sp³-hybridized carbons (Fsp3) is 0.571. The van der Waals surface area contributed by atoms with Crippen molar-refractivity contribution in [2.24, 2.45) is 0 Å². The molecular weight excluding hydrogens is 314 g/mol. The lowest BCUT2D eigenvalue weighted by Gasteiger charge is -2.40. The second kappa shape index (κ2) is 5.40. The lowest BCUT2D eigenvalue weighted by atomic mass is 9.85. The number of rotatable bonds is 2. The summed E-state index contributed by atoms with van der Waals surface area (Å²) in [6.45, 7) is 0. The molecule has 1 N–H and O–H groups in total. The molecule has 2 heterocycles. The van der Waals surface area contributed by atoms with Crippen LogP contribution in [0.25, 0.3) is 0 Å². The van der Waals surface area contributed by atoms with Gasteiger partial charge in [-0.05, 0) is 53.7 Å². The van der Waals surface area contributed by atoms with Crippen LogP contribution in [0.4, 0.5) is 0 Å². The normalized spacial score (nSPS) is 31.1. The quantitative estimate of drug-likeness (QED) is 0.879. The Morgan fingerprint density at radius 2 is 1.94 bits per heavy atom. The van der Waals surface area contributed by atoms with Crippen LogP contribution in [0.5, 0.6) is 5.75 Å². The average molecular weight is 331 g/mol. The molecule has 1 unspecified atom stereocenters. The molecule has 98 valence electrons. The number of hydrogen-bond donors (Lipinski definition) is 1. The van der Waals surface area contributed by atoms with Crippen LogP contribution in [0.1, 0.15) is 32.1 Å². The lowest BCUT2D eigenvalue weighted by Crippen LogP contribution is -2.51. The monoisotopic (exact) mass is 329 g/mol. The standard InChI is InChI=1S/C14H17BrClNO/c15-14-12(16)5-2-6-13(14)18-11-7-9-3-1-4-10(8-11)17-9/h2,5-6,9-11,17H,1,3-4,7-8H2/t9-,10+,11?. The highest BCUT2D eigenvalue weighted by atomic mass is 79.9. The Hall–Kier alpha value is -0.250. The van der Waals surface area contributed by atoms with Gasteiger partial charge in [-0.25, -0.2) is 0 Å². The number of halogens is 2. The fourth-order valence-electron chi connectivity index (χ4n) is 3.06. The van der Waals surface area contributed by atoms with Crippen LogP contribution in [0.3, 0.4) is 0 Å². The largest absolute Gasteiger partial charge is 0.489 e. The lowest BCUT2D eigenvalue weighted by molar-refractivity contribution is 0.0921. The van der Waals surface area contributed by atoms with Crippen molar-refractivity contribution in [3.63, 3.8) is 0 Å². The first-order valence-corrected chi connectivity index (χ1v) is 7.76. The maximum atomic E-state index is 6.13. The third-order valence-electron chi connectivity index (χ3n) is 3.88. The molecule has 3 atom stereocenters. The van der Waals surface area contributed by atoms with E-state index < -0.39 is 0 Å². The van der Waals surface area contributed by atoms with Crippen molar-refractivity contribution in [3.05, 3.63) is 27.7 Å². The summed E-state index contributed by atoms with van der Waals surface area (Å²) in [5.41, 5.74) is 0. The van der Waals surface area contributed by atoms with E-state index >= 15 is 0 Å². The minimum atomic E-state index is 0.316. The first-order valence-electron chi connectivity index (χ1n) is 6.59. The van der Waals surface area contributed by atoms with Gasteiger partial charge in [-0.2, -0.15) is 0 Å². The van der Waals surface area contributed by atoms with Crippen molar-refractivity contribution < 1.29 is 4.74 Å². The van der Waals surface area contributed by atoms with Crippen LogP contribution in [0.2, 0.25) is 5.02 Å². The molecule has 2 fully saturated rings. The predicted molar refractivity (Wildman–Crippen MR) is 77.4 cm³/mol. The van der Waals surface area contributed by atoms with E-state index in [0.29, 0.717) is 23.2 Å². The van der Waals surface area contributed by atoms with Gasteiger partial charge in [0.25, 0.3) is 0 Å². The molecule has 18 heavy (non-hydrogen) atoms. The SMILES string of the molecule is Clc1cccc(OC2C[C@H]3CCC[C@@H](C2)N3)c1Br. The van der Waals surface area contributed by atoms with Gasteiger partial charge < -0.3 is 10.1 Å². The van der Waals surface area contributed by atoms with Gasteiger partial charge in [0.05, 0.1) is 9.50 Å². The molecular formula is C14H17BrClNO. The molecule has 2 bridgehead atoms. The Labute approximate surface area is 121 Å². The molecule has 4 heteroatoms. The second-order valence-electron chi connectivity index (χ2n) is 5.25. The van der Waals surface area contributed by atoms with Crippen molar-refractivity contribution in [3.8, 4) is 5.75 Å². The van der Waals surface area contributed by atoms with Gasteiger partial charge in [-0.1, -0.05) is 24.1 Å². The minimum Gasteiger partial charge on any atom is -0.489 e. The maximum absolute atomic E-state index is 6.13. The Balaban J connectivity index is 1.71. The van der Waals surface area contributed by atoms with Crippen LogP contribution in [-0.4, -0.2) is 18.2 Å². The molecule has 0 aliphatic carbocycles. The summed E-state index contributed by atoms with van der Waals surface area (Å²) >= 11 is 9.58. The molecule has 0 aromatic heterocycles. The van der Waals surface area contributed by atoms with Crippen LogP contribution < -0.4 is 10.1 Å². The smallest absolute Gasteiger partial charge is 0.135 e. The molecule has 2 aliphatic rings. The molecule has 2 saturated heterocycles. The van der Waals surface area contributed by atoms with E-state index in [2.05, 4.69) is 21.2 Å². The number of nitrogens with one attached hydrogen (secondary N) is 1. The third kappa shape index (κ3) is 2.68. The summed E-state index contributed by atoms with van der Waals surface area (Å²) in [5.74, 6) is 0.868. The first-order chi connectivity index (χ1) is 8.72. The van der Waals surface area contributed by atoms with Gasteiger partial charge in [0, 0.05) is 12.1 Å². The van der Waals surface area contributed by atoms with Gasteiger partial charge in [-0.15, -0.1) is 0 Å². The van der Waals surface area contributed by atoms with E-state index in [4.69, 9.17) is 16.3 Å². The van der Waals surface area contributed by atoms with E-state index in [0.717, 1.165) is 23.1 Å². The topological polar surface area (TPSA) is 21.3 Å². The highest BCUT2D eigenvalue weighted by Gasteiger charge is 2.32. The zero-order chi connectivity index (χ0) is 12.5. The van der Waals surface area contributed by atoms with Crippen molar-refractivity contribution in [1.82, 2.24) is 5.32 Å². The molecule has 1 aromatic carbocycles. The second-order valence-corrected chi connectivity index (χ2v) is 6.45. The molecule has 0 saturated carbocycles. The van der Waals surface area contributed by atoms with Crippen molar-refractivity contribution in [2.75, 3.05) is 0 Å². The number of benzene rings is 1. The molecule has 3 rings (SSSR count). The van der Waals surface area contributed by atoms with E-state index in [1.807, 2.05) is 18.2 Å². The van der Waals surface area contributed by atoms with E-state index in [1.54, 1.807) is 0 Å². The van der Waals surface area contributed by atoms with Crippen LogP contribution in [-0.2, 0) is 0 Å². The van der Waals surface area contributed by atoms with Crippen LogP contribution in [0.15, 0.2) is 22.7 Å². The number of hydrogen-bond acceptors (Lipinski definition) is 2. The Morgan fingerprint density at radius 3 is 2.67 bits per heavy atom. The van der Waals surface area contributed by atoms with Gasteiger partial charge >= 0.3 is 0 Å². The summed E-state index contributed by atoms with van der Waals surface area (Å²) in [5, 5.41) is 4.39. The molecule has 0 spiro atoms. The minimum absolute atomic E-state index is 0.316. The van der Waals surface area contributed by atoms with E-state index in [-0.39, 0.29) is 0 Å². The molecule has 0 amide bonds. The summed E-state index contributed by atoms with van der Waals surface area (Å²) < 4.78 is 7.00. The van der Waals surface area contributed by atoms with E-state index in [1.165, 1.54) is 19.3 Å². The van der Waals surface area contributed by atoms with Crippen molar-refractivity contribution >= 4 is 27.5 Å². The van der Waals surface area contributed by atoms with E-state index in [9.17, 15) is 0 Å². The third-order valence-corrected chi connectivity index (χ3v) is 5.24. The molecule has 1 aromatic rings. The average Bonchev–Trinajstić information content (AvgIpc) is 2.35. The molecule has 2 nitrogen and oxygen atoms in total.